The highest BCUT2D eigenvalue weighted by Crippen LogP contribution is 2.37. The molecule has 0 aliphatic rings. The maximum atomic E-state index is 14.6. The Morgan fingerprint density at radius 3 is 1.41 bits per heavy atom. The fraction of sp³-hybridized carbons (Fsp3) is 0.273. The zero-order valence-electron chi connectivity index (χ0n) is 41.4. The number of nitrogens with one attached hydrogen (secondary N) is 2. The molecule has 6 aromatic carbocycles. The number of ketones is 2. The number of benzene rings is 6. The van der Waals surface area contributed by atoms with Crippen molar-refractivity contribution in [1.29, 1.82) is 0 Å². The van der Waals surface area contributed by atoms with Crippen molar-refractivity contribution in [1.82, 2.24) is 19.1 Å². The van der Waals surface area contributed by atoms with Crippen molar-refractivity contribution in [2.45, 2.75) is 78.6 Å². The number of nitrogens with zero attached hydrogens (tertiary/aromatic N) is 4. The summed E-state index contributed by atoms with van der Waals surface area (Å²) in [4.78, 5) is 33.6. The molecule has 3 N–H and O–H groups in total. The van der Waals surface area contributed by atoms with Crippen molar-refractivity contribution < 1.29 is 64.0 Å². The summed E-state index contributed by atoms with van der Waals surface area (Å²) < 4.78 is 125. The van der Waals surface area contributed by atoms with Gasteiger partial charge < -0.3 is 30.0 Å². The van der Waals surface area contributed by atoms with E-state index in [-0.39, 0.29) is 52.5 Å². The summed E-state index contributed by atoms with van der Waals surface area (Å²) >= 11 is 0. The number of methoxy groups -OCH3 is 1. The lowest BCUT2D eigenvalue weighted by atomic mass is 10.0. The van der Waals surface area contributed by atoms with Crippen LogP contribution >= 0.6 is 0 Å². The molecule has 2 heterocycles. The molecule has 0 unspecified atom stereocenters. The third-order valence-corrected chi connectivity index (χ3v) is 11.7. The van der Waals surface area contributed by atoms with Crippen LogP contribution in [0.3, 0.4) is 0 Å². The predicted octanol–water partition coefficient (Wildman–Crippen LogP) is 14.9. The Hall–Kier alpha value is -8.16. The first-order chi connectivity index (χ1) is 35.6. The van der Waals surface area contributed by atoms with E-state index < -0.39 is 43.4 Å². The standard InChI is InChI=1S/C28H27F4N3O3.C27H25F4N3O3/c1-4-5-25(36)21-8-6-18(12-17(21)2)35-16-34-27-23(33-11-10-28(30,31)32)14-20(15-24(27)35)38-26-9-7-19(37-3)13-22(26)29;1-3-4-24(36)20-7-5-17(11-16(20)2)34-15-33-26-22(32-10-9-27(29,30)31)13-19(14-23(26)34)37-25-8-6-18(35)12-21(25)28/h6-9,12-16,33H,4-5,10-11H2,1-3H3;5-8,11-15,32,35H,3-4,9-10H2,1-2H3. The average Bonchev–Trinajstić information content (AvgIpc) is 3.98. The molecule has 75 heavy (non-hydrogen) atoms. The zero-order valence-corrected chi connectivity index (χ0v) is 41.4. The summed E-state index contributed by atoms with van der Waals surface area (Å²) in [5.74, 6) is -1.21. The van der Waals surface area contributed by atoms with Gasteiger partial charge in [0.05, 0.1) is 42.4 Å². The molecule has 0 saturated carbocycles. The Morgan fingerprint density at radius 1 is 0.587 bits per heavy atom. The van der Waals surface area contributed by atoms with E-state index in [1.165, 1.54) is 55.9 Å². The Morgan fingerprint density at radius 2 is 1.03 bits per heavy atom. The Labute approximate surface area is 425 Å². The van der Waals surface area contributed by atoms with Crippen LogP contribution in [-0.4, -0.2) is 68.3 Å². The number of aromatic hydroxyl groups is 1. The van der Waals surface area contributed by atoms with Gasteiger partial charge >= 0.3 is 12.4 Å². The highest BCUT2D eigenvalue weighted by atomic mass is 19.4. The quantitative estimate of drug-likeness (QED) is 0.0529. The van der Waals surface area contributed by atoms with Gasteiger partial charge in [0.25, 0.3) is 0 Å². The molecule has 8 rings (SSSR count). The van der Waals surface area contributed by atoms with E-state index in [4.69, 9.17) is 14.2 Å². The molecule has 0 aliphatic carbocycles. The third-order valence-electron chi connectivity index (χ3n) is 11.7. The number of hydrogen-bond acceptors (Lipinski definition) is 10. The van der Waals surface area contributed by atoms with Gasteiger partial charge in [-0.1, -0.05) is 13.8 Å². The predicted molar refractivity (Wildman–Crippen MR) is 270 cm³/mol. The van der Waals surface area contributed by atoms with E-state index in [2.05, 4.69) is 20.6 Å². The molecule has 0 aliphatic heterocycles. The second-order valence-electron chi connectivity index (χ2n) is 17.5. The molecule has 2 aromatic heterocycles. The molecule has 12 nitrogen and oxygen atoms in total. The van der Waals surface area contributed by atoms with Crippen molar-refractivity contribution in [3.05, 3.63) is 144 Å². The van der Waals surface area contributed by atoms with Crippen LogP contribution in [0.2, 0.25) is 0 Å². The number of rotatable bonds is 19. The van der Waals surface area contributed by atoms with Crippen molar-refractivity contribution in [2.75, 3.05) is 30.8 Å². The van der Waals surface area contributed by atoms with Gasteiger partial charge in [-0.15, -0.1) is 0 Å². The van der Waals surface area contributed by atoms with Crippen LogP contribution in [0.4, 0.5) is 46.5 Å². The fourth-order valence-corrected chi connectivity index (χ4v) is 8.12. The number of phenolic OH excluding ortho intramolecular Hbond substituents is 1. The maximum Gasteiger partial charge on any atom is 0.390 e. The van der Waals surface area contributed by atoms with Crippen molar-refractivity contribution in [3.63, 3.8) is 0 Å². The maximum absolute atomic E-state index is 14.6. The lowest BCUT2D eigenvalue weighted by Crippen LogP contribution is -2.14. The number of imidazole rings is 2. The van der Waals surface area contributed by atoms with E-state index in [0.29, 0.717) is 68.8 Å². The van der Waals surface area contributed by atoms with Gasteiger partial charge in [-0.05, 0) is 98.5 Å². The summed E-state index contributed by atoms with van der Waals surface area (Å²) in [5.41, 5.74) is 6.62. The van der Waals surface area contributed by atoms with Crippen LogP contribution in [0.1, 0.15) is 84.2 Å². The minimum atomic E-state index is -4.34. The lowest BCUT2D eigenvalue weighted by molar-refractivity contribution is -0.132. The lowest BCUT2D eigenvalue weighted by Gasteiger charge is -2.14. The number of phenols is 1. The average molecular weight is 1050 g/mol. The van der Waals surface area contributed by atoms with Crippen molar-refractivity contribution in [3.8, 4) is 45.9 Å². The number of Topliss-reactive ketones (excluding diaryl/α,β-unsaturated/α-hetero) is 2. The minimum Gasteiger partial charge on any atom is -0.508 e. The monoisotopic (exact) mass is 1040 g/mol. The molecule has 0 amide bonds. The van der Waals surface area contributed by atoms with Gasteiger partial charge in [0.1, 0.15) is 46.7 Å². The second kappa shape index (κ2) is 23.4. The van der Waals surface area contributed by atoms with Gasteiger partial charge in [-0.3, -0.25) is 18.7 Å². The number of ether oxygens (including phenoxy) is 3. The highest BCUT2D eigenvalue weighted by Gasteiger charge is 2.28. The Balaban J connectivity index is 0.000000219. The number of aryl methyl sites for hydroxylation is 2. The molecule has 0 fully saturated rings. The van der Waals surface area contributed by atoms with Gasteiger partial charge in [0.15, 0.2) is 34.7 Å². The zero-order chi connectivity index (χ0) is 54.2. The molecule has 0 bridgehead atoms. The number of hydrogen-bond donors (Lipinski definition) is 3. The van der Waals surface area contributed by atoms with E-state index in [1.807, 2.05) is 39.8 Å². The first kappa shape index (κ1) is 54.6. The van der Waals surface area contributed by atoms with E-state index in [1.54, 1.807) is 51.9 Å². The first-order valence-corrected chi connectivity index (χ1v) is 23.7. The molecular weight excluding hydrogens is 993 g/mol. The molecule has 0 radical (unpaired) electrons. The van der Waals surface area contributed by atoms with E-state index >= 15 is 0 Å². The molecule has 0 spiro atoms. The number of anilines is 2. The van der Waals surface area contributed by atoms with Crippen LogP contribution in [0.15, 0.2) is 110 Å². The smallest absolute Gasteiger partial charge is 0.390 e. The van der Waals surface area contributed by atoms with Crippen LogP contribution in [0, 0.1) is 25.5 Å². The molecule has 0 saturated heterocycles. The van der Waals surface area contributed by atoms with E-state index in [0.717, 1.165) is 30.0 Å². The summed E-state index contributed by atoms with van der Waals surface area (Å²) in [6.07, 6.45) is -5.34. The Bertz CT molecular complexity index is 3350. The molecular formula is C55H52F8N6O6. The number of halogens is 8. The van der Waals surface area contributed by atoms with Crippen LogP contribution < -0.4 is 24.8 Å². The molecule has 0 atom stereocenters. The molecule has 394 valence electrons. The second-order valence-corrected chi connectivity index (χ2v) is 17.5. The van der Waals surface area contributed by atoms with Gasteiger partial charge in [-0.25, -0.2) is 18.7 Å². The minimum absolute atomic E-state index is 0.0461. The molecule has 20 heteroatoms. The summed E-state index contributed by atoms with van der Waals surface area (Å²) in [7, 11) is 1.41. The SMILES string of the molecule is CCCC(=O)c1ccc(-n2cnc3c(NCCC(F)(F)F)cc(Oc4ccc(O)cc4F)cc32)cc1C.CCCC(=O)c1ccc(-n2cnc3c(NCCC(F)(F)F)cc(Oc4ccc(OC)cc4F)cc32)cc1C. The van der Waals surface area contributed by atoms with Crippen LogP contribution in [0.5, 0.6) is 34.5 Å². The largest absolute Gasteiger partial charge is 0.508 e. The van der Waals surface area contributed by atoms with Gasteiger partial charge in [0, 0.05) is 84.8 Å². The van der Waals surface area contributed by atoms with Gasteiger partial charge in [0.2, 0.25) is 0 Å². The first-order valence-electron chi connectivity index (χ1n) is 23.7. The van der Waals surface area contributed by atoms with Crippen molar-refractivity contribution >= 4 is 45.0 Å². The van der Waals surface area contributed by atoms with Gasteiger partial charge in [-0.2, -0.15) is 26.3 Å². The summed E-state index contributed by atoms with van der Waals surface area (Å²) in [5, 5.41) is 15.0. The van der Waals surface area contributed by atoms with Crippen LogP contribution in [-0.2, 0) is 0 Å². The topological polar surface area (TPSA) is 142 Å². The van der Waals surface area contributed by atoms with E-state index in [9.17, 15) is 49.8 Å². The Kier molecular flexibility index (Phi) is 17.0. The highest BCUT2D eigenvalue weighted by molar-refractivity contribution is 5.99. The normalized spacial score (nSPS) is 11.6. The number of carbonyl (C=O) groups is 2. The number of aromatic nitrogens is 4. The number of carbonyl (C=O) groups excluding carboxylic acids is 2. The third kappa shape index (κ3) is 13.7. The number of alkyl halides is 6. The van der Waals surface area contributed by atoms with Crippen LogP contribution in [0.25, 0.3) is 33.4 Å². The summed E-state index contributed by atoms with van der Waals surface area (Å²) in [6, 6.07) is 24.4. The molecule has 8 aromatic rings. The number of fused-ring (bicyclic) bond motifs is 2. The van der Waals surface area contributed by atoms with Crippen molar-refractivity contribution in [2.24, 2.45) is 0 Å². The fourth-order valence-electron chi connectivity index (χ4n) is 8.12. The summed E-state index contributed by atoms with van der Waals surface area (Å²) in [6.45, 7) is 6.78.